The minimum Gasteiger partial charge on any atom is -0.273 e. The smallest absolute Gasteiger partial charge is 0.232 e. The maximum Gasteiger partial charge on any atom is 0.232 e. The maximum atomic E-state index is 11.5. The molecule has 0 aliphatic heterocycles. The van der Waals surface area contributed by atoms with Crippen LogP contribution in [0.2, 0.25) is 0 Å². The predicted octanol–water partition coefficient (Wildman–Crippen LogP) is 2.26. The van der Waals surface area contributed by atoms with E-state index in [2.05, 4.69) is 6.07 Å². The Morgan fingerprint density at radius 2 is 1.69 bits per heavy atom. The maximum absolute atomic E-state index is 11.5. The van der Waals surface area contributed by atoms with Crippen molar-refractivity contribution >= 4 is 15.7 Å². The van der Waals surface area contributed by atoms with Crippen LogP contribution in [0.4, 0.5) is 5.69 Å². The Labute approximate surface area is 98.1 Å². The van der Waals surface area contributed by atoms with E-state index in [1.807, 2.05) is 26.8 Å². The van der Waals surface area contributed by atoms with E-state index in [-0.39, 0.29) is 0 Å². The van der Waals surface area contributed by atoms with Crippen LogP contribution < -0.4 is 4.31 Å². The normalized spacial score (nSPS) is 11.6. The Balaban J connectivity index is 3.38. The van der Waals surface area contributed by atoms with Crippen molar-refractivity contribution in [1.29, 1.82) is 0 Å². The monoisotopic (exact) mass is 241 g/mol. The predicted molar refractivity (Wildman–Crippen MR) is 68.5 cm³/mol. The largest absolute Gasteiger partial charge is 0.273 e. The highest BCUT2D eigenvalue weighted by molar-refractivity contribution is 7.92. The first kappa shape index (κ1) is 13.0. The summed E-state index contributed by atoms with van der Waals surface area (Å²) < 4.78 is 24.4. The van der Waals surface area contributed by atoms with Gasteiger partial charge in [0.05, 0.1) is 11.9 Å². The average Bonchev–Trinajstić information content (AvgIpc) is 2.19. The van der Waals surface area contributed by atoms with Crippen molar-refractivity contribution in [3.8, 4) is 0 Å². The van der Waals surface area contributed by atoms with Crippen LogP contribution in [0.3, 0.4) is 0 Å². The second-order valence-corrected chi connectivity index (χ2v) is 6.16. The van der Waals surface area contributed by atoms with Gasteiger partial charge in [-0.15, -0.1) is 0 Å². The molecule has 0 bridgehead atoms. The fourth-order valence-electron chi connectivity index (χ4n) is 1.62. The third-order valence-electron chi connectivity index (χ3n) is 2.91. The molecule has 0 saturated carbocycles. The lowest BCUT2D eigenvalue weighted by molar-refractivity contribution is 0.600. The molecule has 0 amide bonds. The van der Waals surface area contributed by atoms with Gasteiger partial charge in [-0.1, -0.05) is 13.0 Å². The molecule has 0 unspecified atom stereocenters. The molecule has 0 saturated heterocycles. The first-order valence-electron chi connectivity index (χ1n) is 5.31. The topological polar surface area (TPSA) is 37.4 Å². The second-order valence-electron chi connectivity index (χ2n) is 4.15. The molecular weight excluding hydrogens is 222 g/mol. The van der Waals surface area contributed by atoms with Crippen LogP contribution in [0.25, 0.3) is 0 Å². The highest BCUT2D eigenvalue weighted by Gasteiger charge is 2.15. The van der Waals surface area contributed by atoms with Crippen molar-refractivity contribution in [2.24, 2.45) is 0 Å². The van der Waals surface area contributed by atoms with Crippen molar-refractivity contribution in [3.05, 3.63) is 28.8 Å². The van der Waals surface area contributed by atoms with Gasteiger partial charge in [-0.05, 0) is 43.0 Å². The van der Waals surface area contributed by atoms with Crippen molar-refractivity contribution < 1.29 is 8.42 Å². The van der Waals surface area contributed by atoms with Gasteiger partial charge in [0.25, 0.3) is 0 Å². The lowest BCUT2D eigenvalue weighted by Crippen LogP contribution is -2.26. The summed E-state index contributed by atoms with van der Waals surface area (Å²) in [5.74, 6) is 0. The van der Waals surface area contributed by atoms with E-state index in [9.17, 15) is 8.42 Å². The Bertz CT molecular complexity index is 492. The number of aryl methyl sites for hydroxylation is 3. The molecule has 0 N–H and O–H groups in total. The molecule has 4 heteroatoms. The van der Waals surface area contributed by atoms with Gasteiger partial charge in [-0.25, -0.2) is 8.42 Å². The van der Waals surface area contributed by atoms with Crippen LogP contribution in [0, 0.1) is 13.8 Å². The molecular formula is C12H19NO2S. The Kier molecular flexibility index (Phi) is 3.63. The highest BCUT2D eigenvalue weighted by Crippen LogP contribution is 2.25. The fourth-order valence-corrected chi connectivity index (χ4v) is 2.14. The van der Waals surface area contributed by atoms with Crippen LogP contribution in [-0.2, 0) is 16.4 Å². The summed E-state index contributed by atoms with van der Waals surface area (Å²) in [5, 5.41) is 0. The van der Waals surface area contributed by atoms with Gasteiger partial charge in [-0.3, -0.25) is 4.31 Å². The van der Waals surface area contributed by atoms with Gasteiger partial charge in [0.2, 0.25) is 10.0 Å². The quantitative estimate of drug-likeness (QED) is 0.814. The number of sulfonamides is 1. The lowest BCUT2D eigenvalue weighted by atomic mass is 10.0. The standard InChI is InChI=1S/C12H19NO2S/c1-6-11-7-9(2)10(3)8-12(11)13(4)16(5,14)15/h7-8H,6H2,1-5H3. The zero-order valence-corrected chi connectivity index (χ0v) is 11.4. The fraction of sp³-hybridized carbons (Fsp3) is 0.500. The summed E-state index contributed by atoms with van der Waals surface area (Å²) in [7, 11) is -1.59. The molecule has 1 aromatic rings. The molecule has 0 atom stereocenters. The van der Waals surface area contributed by atoms with Crippen molar-refractivity contribution in [2.75, 3.05) is 17.6 Å². The molecule has 0 aromatic heterocycles. The Hall–Kier alpha value is -1.03. The van der Waals surface area contributed by atoms with E-state index >= 15 is 0 Å². The average molecular weight is 241 g/mol. The van der Waals surface area contributed by atoms with Gasteiger partial charge in [0, 0.05) is 7.05 Å². The van der Waals surface area contributed by atoms with Crippen LogP contribution in [0.15, 0.2) is 12.1 Å². The van der Waals surface area contributed by atoms with Crippen LogP contribution in [0.1, 0.15) is 23.6 Å². The third-order valence-corrected chi connectivity index (χ3v) is 4.10. The molecule has 90 valence electrons. The first-order chi connectivity index (χ1) is 7.27. The number of nitrogens with zero attached hydrogens (tertiary/aromatic N) is 1. The minimum absolute atomic E-state index is 0.785. The van der Waals surface area contributed by atoms with Crippen LogP contribution >= 0.6 is 0 Å². The van der Waals surface area contributed by atoms with E-state index in [1.165, 1.54) is 16.1 Å². The van der Waals surface area contributed by atoms with Crippen molar-refractivity contribution in [1.82, 2.24) is 0 Å². The molecule has 0 spiro atoms. The van der Waals surface area contributed by atoms with Gasteiger partial charge < -0.3 is 0 Å². The summed E-state index contributed by atoms with van der Waals surface area (Å²) in [5.41, 5.74) is 4.16. The van der Waals surface area contributed by atoms with Gasteiger partial charge >= 0.3 is 0 Å². The number of rotatable bonds is 3. The van der Waals surface area contributed by atoms with E-state index in [4.69, 9.17) is 0 Å². The van der Waals surface area contributed by atoms with E-state index in [0.29, 0.717) is 0 Å². The van der Waals surface area contributed by atoms with Gasteiger partial charge in [-0.2, -0.15) is 0 Å². The van der Waals surface area contributed by atoms with E-state index in [1.54, 1.807) is 7.05 Å². The molecule has 0 radical (unpaired) electrons. The van der Waals surface area contributed by atoms with E-state index in [0.717, 1.165) is 23.2 Å². The summed E-state index contributed by atoms with van der Waals surface area (Å²) in [6, 6.07) is 4.00. The SMILES string of the molecule is CCc1cc(C)c(C)cc1N(C)S(C)(=O)=O. The zero-order valence-electron chi connectivity index (χ0n) is 10.5. The van der Waals surface area contributed by atoms with Crippen molar-refractivity contribution in [2.45, 2.75) is 27.2 Å². The number of hydrogen-bond acceptors (Lipinski definition) is 2. The molecule has 0 aliphatic carbocycles. The number of hydrogen-bond donors (Lipinski definition) is 0. The zero-order chi connectivity index (χ0) is 12.5. The summed E-state index contributed by atoms with van der Waals surface area (Å²) in [6.07, 6.45) is 2.05. The summed E-state index contributed by atoms with van der Waals surface area (Å²) in [6.45, 7) is 6.07. The van der Waals surface area contributed by atoms with Gasteiger partial charge in [0.1, 0.15) is 0 Å². The van der Waals surface area contributed by atoms with E-state index < -0.39 is 10.0 Å². The molecule has 16 heavy (non-hydrogen) atoms. The number of benzene rings is 1. The Morgan fingerprint density at radius 3 is 2.12 bits per heavy atom. The Morgan fingerprint density at radius 1 is 1.19 bits per heavy atom. The third kappa shape index (κ3) is 2.55. The molecule has 1 aromatic carbocycles. The molecule has 0 heterocycles. The molecule has 3 nitrogen and oxygen atoms in total. The van der Waals surface area contributed by atoms with Crippen LogP contribution in [-0.4, -0.2) is 21.7 Å². The summed E-state index contributed by atoms with van der Waals surface area (Å²) in [4.78, 5) is 0. The molecule has 1 rings (SSSR count). The van der Waals surface area contributed by atoms with Crippen molar-refractivity contribution in [3.63, 3.8) is 0 Å². The highest BCUT2D eigenvalue weighted by atomic mass is 32.2. The minimum atomic E-state index is -3.18. The summed E-state index contributed by atoms with van der Waals surface area (Å²) >= 11 is 0. The molecule has 0 aliphatic rings. The van der Waals surface area contributed by atoms with Crippen LogP contribution in [0.5, 0.6) is 0 Å². The molecule has 0 fully saturated rings. The van der Waals surface area contributed by atoms with Gasteiger partial charge in [0.15, 0.2) is 0 Å². The second kappa shape index (κ2) is 4.45. The first-order valence-corrected chi connectivity index (χ1v) is 7.16. The number of anilines is 1. The lowest BCUT2D eigenvalue weighted by Gasteiger charge is -2.21.